The topological polar surface area (TPSA) is 92.5 Å². The molecule has 0 aromatic carbocycles. The van der Waals surface area contributed by atoms with Gasteiger partial charge in [-0.2, -0.15) is 9.90 Å². The van der Waals surface area contributed by atoms with Crippen LogP contribution in [0.4, 0.5) is 4.79 Å². The Hall–Kier alpha value is 4.58. The van der Waals surface area contributed by atoms with Gasteiger partial charge in [0.1, 0.15) is 0 Å². The predicted octanol–water partition coefficient (Wildman–Crippen LogP) is -2.91. The van der Waals surface area contributed by atoms with Crippen LogP contribution < -0.4 is 57.5 Å². The predicted molar refractivity (Wildman–Crippen MR) is 51.8 cm³/mol. The van der Waals surface area contributed by atoms with Crippen LogP contribution in [0.25, 0.3) is 0 Å². The monoisotopic (exact) mass is 263 g/mol. The molecule has 4 nitrogen and oxygen atoms in total. The van der Waals surface area contributed by atoms with Gasteiger partial charge in [0.2, 0.25) is 0 Å². The van der Waals surface area contributed by atoms with Crippen LogP contribution in [-0.4, -0.2) is 115 Å². The Morgan fingerprint density at radius 3 is 1.20 bits per heavy atom. The molecule has 0 bridgehead atoms. The Labute approximate surface area is 192 Å². The second kappa shape index (κ2) is 37.4. The van der Waals surface area contributed by atoms with E-state index in [0.717, 1.165) is 0 Å². The van der Waals surface area contributed by atoms with Gasteiger partial charge in [0.15, 0.2) is 0 Å². The molecule has 0 radical (unpaired) electrons. The summed E-state index contributed by atoms with van der Waals surface area (Å²) in [5.74, 6) is 0. The molecule has 1 unspecified atom stereocenters. The summed E-state index contributed by atoms with van der Waals surface area (Å²) in [4.78, 5) is 8.56. The Morgan fingerprint density at radius 1 is 1.20 bits per heavy atom. The number of rotatable bonds is 0. The van der Waals surface area contributed by atoms with Crippen molar-refractivity contribution in [3.05, 3.63) is 0 Å². The van der Waals surface area contributed by atoms with Crippen LogP contribution in [0.5, 0.6) is 0 Å². The molecule has 0 aliphatic carbocycles. The summed E-state index contributed by atoms with van der Waals surface area (Å²) in [5, 5.41) is 13.9. The van der Waals surface area contributed by atoms with Crippen LogP contribution in [0.2, 0.25) is 0 Å². The van der Waals surface area contributed by atoms with Gasteiger partial charge in [-0.15, -0.1) is 0 Å². The quantitative estimate of drug-likeness (QED) is 0.323. The summed E-state index contributed by atoms with van der Waals surface area (Å²) < 4.78 is 0. The molecule has 0 fully saturated rings. The van der Waals surface area contributed by atoms with Crippen LogP contribution in [0.15, 0.2) is 0 Å². The average molecular weight is 264 g/mol. The van der Waals surface area contributed by atoms with Crippen LogP contribution in [-0.2, 0) is 0 Å². The normalized spacial score (nSPS) is 2.40. The average Bonchev–Trinajstić information content (AvgIpc) is 0.811. The molecule has 1 atom stereocenters. The molecule has 5 N–H and O–H groups in total. The third-order valence-electron chi connectivity index (χ3n) is 0. The zero-order chi connectivity index (χ0) is 3.58. The maximum absolute atomic E-state index is 8.56. The van der Waals surface area contributed by atoms with Gasteiger partial charge >= 0.3 is 156 Å². The fraction of sp³-hybridized carbons (Fsp3) is 0. The fourth-order valence-electron chi connectivity index (χ4n) is 0. The minimum absolute atomic E-state index is 0. The maximum Gasteiger partial charge on any atom is 2.00 e. The number of hydrogen-bond acceptors (Lipinski definition) is 2. The third-order valence-corrected chi connectivity index (χ3v) is 0. The van der Waals surface area contributed by atoms with E-state index in [1.807, 2.05) is 0 Å². The van der Waals surface area contributed by atoms with Gasteiger partial charge < -0.3 is 26.4 Å². The first-order valence-electron chi connectivity index (χ1n) is 0.651. The van der Waals surface area contributed by atoms with Crippen molar-refractivity contribution in [2.45, 2.75) is 0 Å². The smallest absolute Gasteiger partial charge is 1.00 e. The summed E-state index contributed by atoms with van der Waals surface area (Å²) in [6.07, 6.45) is -1.83. The first-order valence-corrected chi connectivity index (χ1v) is 0.651. The molecule has 0 aliphatic heterocycles. The molecule has 54 valence electrons. The van der Waals surface area contributed by atoms with Crippen LogP contribution >= 0.6 is 9.90 Å². The Morgan fingerprint density at radius 2 is 1.20 bits per heavy atom. The first-order chi connectivity index (χ1) is 1.73. The van der Waals surface area contributed by atoms with Gasteiger partial charge in [0.25, 0.3) is 0 Å². The van der Waals surface area contributed by atoms with Gasteiger partial charge in [-0.1, -0.05) is 0 Å². The van der Waals surface area contributed by atoms with Crippen LogP contribution in [0.1, 0.15) is 9.99 Å². The minimum atomic E-state index is -1.83. The molecule has 0 heterocycles. The van der Waals surface area contributed by atoms with Crippen molar-refractivity contribution in [3.63, 3.8) is 0 Å². The second-order valence-electron chi connectivity index (χ2n) is 0.283. The standard InChI is InChI=1S/CH2O3.2Ca.K.Mg.H3N.H3P.7H/c2-1(3)4;;;;;;;;;;;;;/h(H2,2,3,4);;;;;2*1H3;;;;;;;/q;2*+2;+1;+2;;;7*-1. The van der Waals surface area contributed by atoms with Crippen molar-refractivity contribution in [2.75, 3.05) is 0 Å². The summed E-state index contributed by atoms with van der Waals surface area (Å²) in [6, 6.07) is 0. The molecule has 0 aliphatic rings. The maximum atomic E-state index is 8.56. The summed E-state index contributed by atoms with van der Waals surface area (Å²) in [7, 11) is 0. The Bertz CT molecular complexity index is 66.1. The number of carboxylic acid groups (broad SMARTS) is 2. The Kier molecular flexibility index (Phi) is 175. The van der Waals surface area contributed by atoms with Crippen molar-refractivity contribution >= 4 is 115 Å². The molecule has 0 rings (SSSR count). The molecular formula is CH15Ca2KMgNO3P. The molecular weight excluding hydrogens is 249 g/mol. The SMILES string of the molecule is N.O=C(O)O.P.[Ca+2].[Ca+2].[H-].[H-].[H-].[H-].[H-].[H-].[H-].[K+].[Mg+2]. The third kappa shape index (κ3) is 80.4. The van der Waals surface area contributed by atoms with Crippen molar-refractivity contribution in [2.24, 2.45) is 0 Å². The van der Waals surface area contributed by atoms with Gasteiger partial charge in [-0.3, -0.25) is 0 Å². The van der Waals surface area contributed by atoms with Crippen molar-refractivity contribution < 1.29 is 76.4 Å². The van der Waals surface area contributed by atoms with E-state index in [1.54, 1.807) is 0 Å². The molecule has 0 saturated heterocycles. The van der Waals surface area contributed by atoms with E-state index < -0.39 is 6.16 Å². The van der Waals surface area contributed by atoms with E-state index in [4.69, 9.17) is 15.0 Å². The minimum Gasteiger partial charge on any atom is -1.00 e. The van der Waals surface area contributed by atoms with E-state index in [0.29, 0.717) is 0 Å². The first kappa shape index (κ1) is 46.8. The molecule has 0 aromatic rings. The zero-order valence-electron chi connectivity index (χ0n) is 13.3. The van der Waals surface area contributed by atoms with E-state index >= 15 is 0 Å². The molecule has 0 amide bonds. The second-order valence-corrected chi connectivity index (χ2v) is 0.283. The van der Waals surface area contributed by atoms with Crippen molar-refractivity contribution in [3.8, 4) is 0 Å². The zero-order valence-corrected chi connectivity index (χ0v) is 16.7. The molecule has 10 heavy (non-hydrogen) atoms. The van der Waals surface area contributed by atoms with E-state index in [-0.39, 0.29) is 176 Å². The molecule has 0 saturated carbocycles. The van der Waals surface area contributed by atoms with Crippen LogP contribution in [0.3, 0.4) is 0 Å². The number of carbonyl (C=O) groups is 1. The van der Waals surface area contributed by atoms with Crippen molar-refractivity contribution in [1.29, 1.82) is 0 Å². The summed E-state index contributed by atoms with van der Waals surface area (Å²) in [5.41, 5.74) is 0. The fourth-order valence-corrected chi connectivity index (χ4v) is 0. The number of hydrogen-bond donors (Lipinski definition) is 3. The summed E-state index contributed by atoms with van der Waals surface area (Å²) in [6.45, 7) is 0. The van der Waals surface area contributed by atoms with Gasteiger partial charge in [-0.25, -0.2) is 4.79 Å². The summed E-state index contributed by atoms with van der Waals surface area (Å²) >= 11 is 0. The largest absolute Gasteiger partial charge is 2.00 e. The van der Waals surface area contributed by atoms with Crippen LogP contribution in [0, 0.1) is 0 Å². The van der Waals surface area contributed by atoms with Crippen molar-refractivity contribution in [1.82, 2.24) is 6.15 Å². The van der Waals surface area contributed by atoms with E-state index in [1.165, 1.54) is 0 Å². The van der Waals surface area contributed by atoms with Gasteiger partial charge in [-0.05, 0) is 0 Å². The Balaban J connectivity index is -0.000000000577. The molecule has 9 heteroatoms. The van der Waals surface area contributed by atoms with Gasteiger partial charge in [0, 0.05) is 0 Å². The molecule has 0 spiro atoms. The van der Waals surface area contributed by atoms with Gasteiger partial charge in [0.05, 0.1) is 0 Å². The van der Waals surface area contributed by atoms with E-state index in [2.05, 4.69) is 0 Å². The van der Waals surface area contributed by atoms with E-state index in [9.17, 15) is 0 Å². The molecule has 0 aromatic heterocycles.